The normalized spacial score (nSPS) is 23.1. The molecule has 0 radical (unpaired) electrons. The maximum atomic E-state index is 10.4. The molecule has 166 valence electrons. The van der Waals surface area contributed by atoms with Gasteiger partial charge in [0.15, 0.2) is 11.4 Å². The first-order chi connectivity index (χ1) is 14.7. The maximum absolute atomic E-state index is 10.4. The number of benzene rings is 1. The molecule has 0 fully saturated rings. The van der Waals surface area contributed by atoms with Crippen LogP contribution in [-0.2, 0) is 12.0 Å². The highest BCUT2D eigenvalue weighted by atomic mass is 32.2. The summed E-state index contributed by atoms with van der Waals surface area (Å²) in [7, 11) is 0. The van der Waals surface area contributed by atoms with E-state index < -0.39 is 5.60 Å². The smallest absolute Gasteiger partial charge is 0.271 e. The number of rotatable bonds is 5. The minimum atomic E-state index is -0.724. The van der Waals surface area contributed by atoms with Gasteiger partial charge in [0, 0.05) is 17.7 Å². The Morgan fingerprint density at radius 2 is 1.97 bits per heavy atom. The summed E-state index contributed by atoms with van der Waals surface area (Å²) in [5.41, 5.74) is 2.90. The van der Waals surface area contributed by atoms with Gasteiger partial charge in [-0.05, 0) is 75.7 Å². The number of aromatic hydroxyl groups is 1. The third kappa shape index (κ3) is 3.95. The van der Waals surface area contributed by atoms with Crippen LogP contribution in [-0.4, -0.2) is 26.1 Å². The van der Waals surface area contributed by atoms with Crippen LogP contribution >= 0.6 is 11.8 Å². The van der Waals surface area contributed by atoms with Crippen LogP contribution in [0.2, 0.25) is 0 Å². The third-order valence-corrected chi connectivity index (χ3v) is 7.88. The fourth-order valence-corrected chi connectivity index (χ4v) is 5.40. The van der Waals surface area contributed by atoms with E-state index >= 15 is 0 Å². The van der Waals surface area contributed by atoms with E-state index in [-0.39, 0.29) is 0 Å². The van der Waals surface area contributed by atoms with Gasteiger partial charge in [0.25, 0.3) is 5.89 Å². The van der Waals surface area contributed by atoms with Gasteiger partial charge in [-0.1, -0.05) is 18.2 Å². The molecule has 2 heterocycles. The number of hydrogen-bond donors (Lipinski definition) is 2. The van der Waals surface area contributed by atoms with Gasteiger partial charge in [-0.2, -0.15) is 4.98 Å². The molecule has 0 saturated heterocycles. The van der Waals surface area contributed by atoms with E-state index in [0.29, 0.717) is 41.3 Å². The Hall–Kier alpha value is -2.41. The number of phenols is 1. The molecule has 0 bridgehead atoms. The summed E-state index contributed by atoms with van der Waals surface area (Å²) in [5.74, 6) is 3.69. The summed E-state index contributed by atoms with van der Waals surface area (Å²) < 4.78 is 12.1. The average Bonchev–Trinajstić information content (AvgIpc) is 3.25. The fourth-order valence-electron chi connectivity index (χ4n) is 4.16. The van der Waals surface area contributed by atoms with Crippen LogP contribution in [0.5, 0.6) is 11.5 Å². The molecule has 2 aromatic rings. The molecule has 0 saturated carbocycles. The Morgan fingerprint density at radius 3 is 2.71 bits per heavy atom. The van der Waals surface area contributed by atoms with E-state index in [4.69, 9.17) is 9.26 Å². The predicted octanol–water partition coefficient (Wildman–Crippen LogP) is 5.83. The largest absolute Gasteiger partial charge is 0.508 e. The number of aliphatic hydroxyl groups excluding tert-OH is 1. The molecule has 0 amide bonds. The van der Waals surface area contributed by atoms with Crippen LogP contribution in [0, 0.1) is 26.7 Å². The van der Waals surface area contributed by atoms with Gasteiger partial charge in [-0.25, -0.2) is 0 Å². The lowest BCUT2D eigenvalue weighted by Crippen LogP contribution is -2.36. The minimum absolute atomic E-state index is 0.335. The highest BCUT2D eigenvalue weighted by Crippen LogP contribution is 2.50. The van der Waals surface area contributed by atoms with Crippen molar-refractivity contribution < 1.29 is 19.5 Å². The van der Waals surface area contributed by atoms with Gasteiger partial charge in [0.1, 0.15) is 17.3 Å². The number of fused-ring (bicyclic) bond motifs is 1. The van der Waals surface area contributed by atoms with Gasteiger partial charge < -0.3 is 19.5 Å². The molecule has 2 unspecified atom stereocenters. The van der Waals surface area contributed by atoms with E-state index in [9.17, 15) is 10.2 Å². The van der Waals surface area contributed by atoms with Gasteiger partial charge in [0.2, 0.25) is 0 Å². The van der Waals surface area contributed by atoms with E-state index in [1.165, 1.54) is 0 Å². The fraction of sp³-hybridized carbons (Fsp3) is 0.500. The SMILES string of the molecule is CCC1=CC(CCc2noc(C3(C)CSc4c(C)c(O)c(C)c(C)c4O3)n2)CC=C1O. The summed E-state index contributed by atoms with van der Waals surface area (Å²) in [6.45, 7) is 9.82. The molecule has 0 spiro atoms. The van der Waals surface area contributed by atoms with E-state index in [2.05, 4.69) is 23.1 Å². The quantitative estimate of drug-likeness (QED) is 0.602. The number of thioether (sulfide) groups is 1. The molecular weight excluding hydrogens is 412 g/mol. The topological polar surface area (TPSA) is 88.6 Å². The van der Waals surface area contributed by atoms with E-state index in [1.807, 2.05) is 33.8 Å². The molecule has 2 N–H and O–H groups in total. The van der Waals surface area contributed by atoms with Crippen molar-refractivity contribution in [2.75, 3.05) is 5.75 Å². The molecule has 4 rings (SSSR count). The summed E-state index contributed by atoms with van der Waals surface area (Å²) >= 11 is 1.65. The Morgan fingerprint density at radius 1 is 1.19 bits per heavy atom. The van der Waals surface area contributed by atoms with Crippen molar-refractivity contribution in [1.82, 2.24) is 10.1 Å². The third-order valence-electron chi connectivity index (χ3n) is 6.40. The molecule has 2 aliphatic rings. The second-order valence-corrected chi connectivity index (χ2v) is 9.67. The zero-order valence-electron chi connectivity index (χ0n) is 18.8. The monoisotopic (exact) mass is 442 g/mol. The molecule has 1 aliphatic carbocycles. The van der Waals surface area contributed by atoms with E-state index in [1.54, 1.807) is 11.8 Å². The maximum Gasteiger partial charge on any atom is 0.271 e. The number of phenolic OH excluding ortho intramolecular Hbond substituents is 1. The highest BCUT2D eigenvalue weighted by molar-refractivity contribution is 7.99. The number of aryl methyl sites for hydroxylation is 1. The van der Waals surface area contributed by atoms with Gasteiger partial charge in [-0.15, -0.1) is 11.8 Å². The van der Waals surface area contributed by atoms with Crippen molar-refractivity contribution in [3.63, 3.8) is 0 Å². The van der Waals surface area contributed by atoms with Gasteiger partial charge in [-0.3, -0.25) is 0 Å². The molecule has 1 aromatic heterocycles. The van der Waals surface area contributed by atoms with Crippen molar-refractivity contribution in [3.8, 4) is 11.5 Å². The van der Waals surface area contributed by atoms with Crippen LogP contribution in [0.1, 0.15) is 61.5 Å². The first kappa shape index (κ1) is 21.8. The Bertz CT molecular complexity index is 1070. The van der Waals surface area contributed by atoms with Gasteiger partial charge >= 0.3 is 0 Å². The van der Waals surface area contributed by atoms with Crippen molar-refractivity contribution in [2.24, 2.45) is 5.92 Å². The van der Waals surface area contributed by atoms with Crippen LogP contribution in [0.3, 0.4) is 0 Å². The Balaban J connectivity index is 1.49. The lowest BCUT2D eigenvalue weighted by atomic mass is 9.90. The second kappa shape index (κ2) is 8.26. The average molecular weight is 443 g/mol. The Kier molecular flexibility index (Phi) is 5.81. The zero-order valence-corrected chi connectivity index (χ0v) is 19.6. The minimum Gasteiger partial charge on any atom is -0.508 e. The van der Waals surface area contributed by atoms with Crippen molar-refractivity contribution in [1.29, 1.82) is 0 Å². The number of nitrogens with zero attached hydrogens (tertiary/aromatic N) is 2. The summed E-state index contributed by atoms with van der Waals surface area (Å²) in [6, 6.07) is 0. The number of aromatic nitrogens is 2. The first-order valence-corrected chi connectivity index (χ1v) is 11.8. The van der Waals surface area contributed by atoms with Crippen molar-refractivity contribution >= 4 is 11.8 Å². The van der Waals surface area contributed by atoms with Crippen LogP contribution < -0.4 is 4.74 Å². The number of ether oxygens (including phenoxy) is 1. The second-order valence-electron chi connectivity index (χ2n) is 8.69. The van der Waals surface area contributed by atoms with Crippen molar-refractivity contribution in [3.05, 3.63) is 51.9 Å². The van der Waals surface area contributed by atoms with Gasteiger partial charge in [0.05, 0.1) is 4.90 Å². The highest BCUT2D eigenvalue weighted by Gasteiger charge is 2.41. The molecule has 31 heavy (non-hydrogen) atoms. The zero-order chi connectivity index (χ0) is 22.3. The molecule has 6 nitrogen and oxygen atoms in total. The molecule has 7 heteroatoms. The number of allylic oxidation sites excluding steroid dienone is 3. The Labute approximate surface area is 187 Å². The molecule has 1 aromatic carbocycles. The van der Waals surface area contributed by atoms with Crippen molar-refractivity contribution in [2.45, 2.75) is 70.8 Å². The number of hydrogen-bond acceptors (Lipinski definition) is 7. The van der Waals surface area contributed by atoms with Crippen LogP contribution in [0.4, 0.5) is 0 Å². The molecule has 1 aliphatic heterocycles. The summed E-state index contributed by atoms with van der Waals surface area (Å²) in [6.07, 6.45) is 7.34. The van der Waals surface area contributed by atoms with Crippen LogP contribution in [0.25, 0.3) is 0 Å². The molecular formula is C24H30N2O4S. The lowest BCUT2D eigenvalue weighted by Gasteiger charge is -2.34. The summed E-state index contributed by atoms with van der Waals surface area (Å²) in [4.78, 5) is 5.64. The first-order valence-electron chi connectivity index (χ1n) is 10.8. The number of aliphatic hydroxyl groups is 1. The summed E-state index contributed by atoms with van der Waals surface area (Å²) in [5, 5.41) is 24.5. The molecule has 2 atom stereocenters. The van der Waals surface area contributed by atoms with E-state index in [0.717, 1.165) is 52.2 Å². The lowest BCUT2D eigenvalue weighted by molar-refractivity contribution is 0.0657. The standard InChI is InChI=1S/C24H30N2O4S/c1-6-17-11-16(7-9-18(17)27)8-10-19-25-23(30-26-19)24(5)12-31-22-15(4)20(28)13(2)14(3)21(22)29-24/h9,11,16,27-28H,6-8,10,12H2,1-5H3. The predicted molar refractivity (Wildman–Crippen MR) is 121 cm³/mol. The van der Waals surface area contributed by atoms with Crippen LogP contribution in [0.15, 0.2) is 32.9 Å².